The Labute approximate surface area is 264 Å². The van der Waals surface area contributed by atoms with Gasteiger partial charge in [0.25, 0.3) is 5.54 Å². The summed E-state index contributed by atoms with van der Waals surface area (Å²) in [6.07, 6.45) is 20.9. The van der Waals surface area contributed by atoms with Crippen LogP contribution in [0.4, 0.5) is 0 Å². The molecule has 2 heterocycles. The molecular formula is C36H58N2O6. The van der Waals surface area contributed by atoms with E-state index in [0.717, 1.165) is 56.9 Å². The van der Waals surface area contributed by atoms with Gasteiger partial charge in [0.1, 0.15) is 5.41 Å². The van der Waals surface area contributed by atoms with Crippen LogP contribution in [0.15, 0.2) is 17.3 Å². The van der Waals surface area contributed by atoms with Gasteiger partial charge in [-0.25, -0.2) is 9.59 Å². The minimum Gasteiger partial charge on any atom is -0.479 e. The van der Waals surface area contributed by atoms with E-state index in [4.69, 9.17) is 0 Å². The molecule has 248 valence electrons. The smallest absolute Gasteiger partial charge is 0.343 e. The Kier molecular flexibility index (Phi) is 16.7. The predicted octanol–water partition coefficient (Wildman–Crippen LogP) is 8.64. The van der Waals surface area contributed by atoms with E-state index in [9.17, 15) is 29.4 Å². The molecule has 0 saturated carbocycles. The van der Waals surface area contributed by atoms with Crippen LogP contribution in [0, 0.1) is 5.41 Å². The fourth-order valence-corrected chi connectivity index (χ4v) is 6.55. The number of aryl methyl sites for hydroxylation is 1. The first-order valence-electron chi connectivity index (χ1n) is 17.5. The molecule has 1 aromatic rings. The third-order valence-corrected chi connectivity index (χ3v) is 9.35. The van der Waals surface area contributed by atoms with Gasteiger partial charge in [-0.15, -0.1) is 0 Å². The van der Waals surface area contributed by atoms with Crippen molar-refractivity contribution in [3.63, 3.8) is 0 Å². The van der Waals surface area contributed by atoms with Crippen LogP contribution in [0.1, 0.15) is 167 Å². The van der Waals surface area contributed by atoms with E-state index in [1.807, 2.05) is 6.92 Å². The summed E-state index contributed by atoms with van der Waals surface area (Å²) in [5, 5.41) is 20.3. The van der Waals surface area contributed by atoms with E-state index in [1.165, 1.54) is 51.4 Å². The second kappa shape index (κ2) is 19.6. The van der Waals surface area contributed by atoms with Crippen LogP contribution in [0.3, 0.4) is 0 Å². The number of H-pyrrole nitrogens is 1. The van der Waals surface area contributed by atoms with Crippen molar-refractivity contribution >= 4 is 29.2 Å². The number of carboxylic acid groups (broad SMARTS) is 2. The number of aliphatic imine (C=N–C) groups is 1. The van der Waals surface area contributed by atoms with Crippen molar-refractivity contribution in [2.75, 3.05) is 0 Å². The van der Waals surface area contributed by atoms with Crippen molar-refractivity contribution in [1.29, 1.82) is 0 Å². The number of nitrogens with one attached hydrogen (secondary N) is 1. The maximum atomic E-state index is 14.2. The lowest BCUT2D eigenvalue weighted by molar-refractivity contribution is -0.157. The molecule has 0 unspecified atom stereocenters. The number of nitrogens with zero attached hydrogens (tertiary/aromatic N) is 1. The molecule has 44 heavy (non-hydrogen) atoms. The second-order valence-electron chi connectivity index (χ2n) is 12.7. The first-order chi connectivity index (χ1) is 21.2. The van der Waals surface area contributed by atoms with Crippen LogP contribution in [0.2, 0.25) is 0 Å². The molecule has 1 aliphatic rings. The first kappa shape index (κ1) is 37.4. The molecule has 0 bridgehead atoms. The zero-order chi connectivity index (χ0) is 32.4. The Bertz CT molecular complexity index is 1040. The quantitative estimate of drug-likeness (QED) is 0.0705. The number of aliphatic carboxylic acids is 2. The minimum atomic E-state index is -2.59. The molecular weight excluding hydrogens is 556 g/mol. The Morgan fingerprint density at radius 3 is 1.48 bits per heavy atom. The lowest BCUT2D eigenvalue weighted by Crippen LogP contribution is -2.50. The van der Waals surface area contributed by atoms with Crippen LogP contribution in [-0.2, 0) is 25.6 Å². The number of carbonyl (C=O) groups is 4. The summed E-state index contributed by atoms with van der Waals surface area (Å²) in [4.78, 5) is 60.8. The van der Waals surface area contributed by atoms with E-state index in [-0.39, 0.29) is 18.6 Å². The zero-order valence-corrected chi connectivity index (χ0v) is 27.7. The van der Waals surface area contributed by atoms with Crippen LogP contribution < -0.4 is 0 Å². The number of Topliss-reactive ketones (excluding diaryl/α,β-unsaturated/α-hetero) is 2. The minimum absolute atomic E-state index is 0.00833. The van der Waals surface area contributed by atoms with Crippen LogP contribution in [0.5, 0.6) is 0 Å². The molecule has 0 atom stereocenters. The van der Waals surface area contributed by atoms with Gasteiger partial charge >= 0.3 is 11.9 Å². The molecule has 8 nitrogen and oxygen atoms in total. The molecule has 3 N–H and O–H groups in total. The molecule has 0 aromatic carbocycles. The third kappa shape index (κ3) is 9.87. The fraction of sp³-hybridized carbons (Fsp3) is 0.750. The summed E-state index contributed by atoms with van der Waals surface area (Å²) in [5.74, 6) is -4.11. The standard InChI is InChI=1S/C36H58N2O6/c1-4-7-9-11-13-15-17-19-21-23-29(39)35(30(40)24-22-20-18-16-14-12-10-8-5-2)27-36(33(41)42,34(43)44)38-32(35)31-28(6-3)25-26-37-31/h25-26,37H,4-24,27H2,1-3H3,(H,41,42)(H,43,44). The number of unbranched alkanes of at least 4 members (excludes halogenated alkanes) is 16. The zero-order valence-electron chi connectivity index (χ0n) is 27.7. The lowest BCUT2D eigenvalue weighted by Gasteiger charge is -2.30. The van der Waals surface area contributed by atoms with Crippen molar-refractivity contribution in [2.24, 2.45) is 10.4 Å². The molecule has 0 saturated heterocycles. The summed E-state index contributed by atoms with van der Waals surface area (Å²) < 4.78 is 0. The normalized spacial score (nSPS) is 15.3. The Hall–Kier alpha value is -2.77. The number of carbonyl (C=O) groups excluding carboxylic acids is 2. The highest BCUT2D eigenvalue weighted by molar-refractivity contribution is 6.33. The molecule has 0 radical (unpaired) electrons. The molecule has 0 fully saturated rings. The van der Waals surface area contributed by atoms with Crippen LogP contribution >= 0.6 is 0 Å². The number of rotatable bonds is 26. The van der Waals surface area contributed by atoms with Gasteiger partial charge in [0, 0.05) is 25.5 Å². The second-order valence-corrected chi connectivity index (χ2v) is 12.7. The van der Waals surface area contributed by atoms with Crippen LogP contribution in [0.25, 0.3) is 0 Å². The van der Waals surface area contributed by atoms with E-state index in [2.05, 4.69) is 23.8 Å². The van der Waals surface area contributed by atoms with Crippen molar-refractivity contribution in [2.45, 2.75) is 168 Å². The molecule has 0 spiro atoms. The van der Waals surface area contributed by atoms with Crippen molar-refractivity contribution in [1.82, 2.24) is 4.98 Å². The van der Waals surface area contributed by atoms with Crippen LogP contribution in [-0.4, -0.2) is 50.0 Å². The number of aromatic nitrogens is 1. The maximum Gasteiger partial charge on any atom is 0.343 e. The molecule has 0 amide bonds. The number of aromatic amines is 1. The van der Waals surface area contributed by atoms with E-state index in [1.54, 1.807) is 12.3 Å². The van der Waals surface area contributed by atoms with Gasteiger partial charge in [0.2, 0.25) is 0 Å². The highest BCUT2D eigenvalue weighted by Gasteiger charge is 2.65. The van der Waals surface area contributed by atoms with E-state index < -0.39 is 40.9 Å². The fourth-order valence-electron chi connectivity index (χ4n) is 6.55. The summed E-state index contributed by atoms with van der Waals surface area (Å²) in [5.41, 5.74) is -3.32. The average Bonchev–Trinajstić information content (AvgIpc) is 3.63. The van der Waals surface area contributed by atoms with E-state index in [0.29, 0.717) is 25.0 Å². The van der Waals surface area contributed by atoms with Gasteiger partial charge in [-0.05, 0) is 30.9 Å². The maximum absolute atomic E-state index is 14.2. The summed E-state index contributed by atoms with van der Waals surface area (Å²) >= 11 is 0. The third-order valence-electron chi connectivity index (χ3n) is 9.35. The first-order valence-corrected chi connectivity index (χ1v) is 17.5. The number of carboxylic acids is 2. The number of ketones is 2. The monoisotopic (exact) mass is 614 g/mol. The number of hydrogen-bond acceptors (Lipinski definition) is 5. The van der Waals surface area contributed by atoms with Gasteiger partial charge in [-0.3, -0.25) is 14.6 Å². The highest BCUT2D eigenvalue weighted by Crippen LogP contribution is 2.46. The Balaban J connectivity index is 2.25. The molecule has 1 aliphatic heterocycles. The number of hydrogen-bond donors (Lipinski definition) is 3. The lowest BCUT2D eigenvalue weighted by atomic mass is 9.67. The summed E-state index contributed by atoms with van der Waals surface area (Å²) in [7, 11) is 0. The van der Waals surface area contributed by atoms with Crippen molar-refractivity contribution in [3.8, 4) is 0 Å². The van der Waals surface area contributed by atoms with Gasteiger partial charge < -0.3 is 15.2 Å². The van der Waals surface area contributed by atoms with Gasteiger partial charge in [-0.2, -0.15) is 0 Å². The van der Waals surface area contributed by atoms with Gasteiger partial charge in [-0.1, -0.05) is 124 Å². The highest BCUT2D eigenvalue weighted by atomic mass is 16.4. The SMILES string of the molecule is CCCCCCCCCCCC(=O)C1(C(=O)CCCCCCCCCCC)CC(C(=O)O)(C(=O)O)N=C1c1[nH]ccc1CC. The van der Waals surface area contributed by atoms with Crippen molar-refractivity contribution in [3.05, 3.63) is 23.5 Å². The largest absolute Gasteiger partial charge is 0.479 e. The molecule has 1 aromatic heterocycles. The van der Waals surface area contributed by atoms with Crippen molar-refractivity contribution < 1.29 is 29.4 Å². The summed E-state index contributed by atoms with van der Waals surface area (Å²) in [6.45, 7) is 6.31. The Morgan fingerprint density at radius 1 is 0.682 bits per heavy atom. The summed E-state index contributed by atoms with van der Waals surface area (Å²) in [6, 6.07) is 1.81. The Morgan fingerprint density at radius 2 is 1.09 bits per heavy atom. The van der Waals surface area contributed by atoms with E-state index >= 15 is 0 Å². The van der Waals surface area contributed by atoms with Gasteiger partial charge in [0.15, 0.2) is 11.6 Å². The predicted molar refractivity (Wildman–Crippen MR) is 175 cm³/mol. The molecule has 0 aliphatic carbocycles. The molecule has 8 heteroatoms. The average molecular weight is 615 g/mol. The van der Waals surface area contributed by atoms with Gasteiger partial charge in [0.05, 0.1) is 11.4 Å². The molecule has 2 rings (SSSR count). The topological polar surface area (TPSA) is 137 Å².